The van der Waals surface area contributed by atoms with Gasteiger partial charge < -0.3 is 29.2 Å². The molecule has 1 aromatic carbocycles. The minimum absolute atomic E-state index is 0.0459. The van der Waals surface area contributed by atoms with E-state index in [-0.39, 0.29) is 29.8 Å². The number of nitriles is 1. The van der Waals surface area contributed by atoms with Gasteiger partial charge in [0.2, 0.25) is 5.60 Å². The summed E-state index contributed by atoms with van der Waals surface area (Å²) in [6, 6.07) is 12.3. The van der Waals surface area contributed by atoms with E-state index in [0.717, 1.165) is 12.8 Å². The second-order valence-corrected chi connectivity index (χ2v) is 17.6. The number of hydrogen-bond donors (Lipinski definition) is 1. The summed E-state index contributed by atoms with van der Waals surface area (Å²) in [4.78, 5) is 4.05. The minimum atomic E-state index is -4.28. The van der Waals surface area contributed by atoms with Gasteiger partial charge in [-0.2, -0.15) is 10.4 Å². The van der Waals surface area contributed by atoms with Crippen molar-refractivity contribution in [2.24, 2.45) is 0 Å². The van der Waals surface area contributed by atoms with Gasteiger partial charge in [-0.15, -0.1) is 0 Å². The first-order chi connectivity index (χ1) is 27.6. The fourth-order valence-electron chi connectivity index (χ4n) is 7.55. The van der Waals surface area contributed by atoms with E-state index in [1.54, 1.807) is 50.2 Å². The number of anilines is 1. The first-order valence-electron chi connectivity index (χ1n) is 21.1. The number of nitrogen functional groups attached to an aromatic ring is 1. The van der Waals surface area contributed by atoms with Crippen molar-refractivity contribution < 1.29 is 37.1 Å². The van der Waals surface area contributed by atoms with Crippen LogP contribution in [0.3, 0.4) is 0 Å². The van der Waals surface area contributed by atoms with E-state index in [0.29, 0.717) is 30.8 Å². The fourth-order valence-corrected chi connectivity index (χ4v) is 9.04. The maximum atomic E-state index is 14.2. The number of hydrogen-bond acceptors (Lipinski definition) is 12. The molecule has 2 aliphatic rings. The number of halogens is 1. The van der Waals surface area contributed by atoms with E-state index in [9.17, 15) is 9.83 Å². The average Bonchev–Trinajstić information content (AvgIpc) is 3.86. The molecule has 0 amide bonds. The number of nitrogens with two attached hydrogens (primary N) is 1. The van der Waals surface area contributed by atoms with Crippen LogP contribution in [0.4, 0.5) is 5.82 Å². The summed E-state index contributed by atoms with van der Waals surface area (Å²) >= 11 is 6.36. The SMILES string of the molecule is CCCCCCCCCCCCCCCCCCOCCCOP(=O)(OC[C@H]1O[C@@](C#N)(c2ccc3c(N)ncnn23)[C@@H]2OC(C)(C)O[C@@H]21)Oc1ccccc1Cl. The van der Waals surface area contributed by atoms with E-state index < -0.39 is 37.5 Å². The van der Waals surface area contributed by atoms with Crippen LogP contribution in [0.25, 0.3) is 5.52 Å². The molecule has 57 heavy (non-hydrogen) atoms. The third-order valence-electron chi connectivity index (χ3n) is 10.5. The van der Waals surface area contributed by atoms with Crippen LogP contribution in [0.2, 0.25) is 5.02 Å². The molecule has 316 valence electrons. The predicted octanol–water partition coefficient (Wildman–Crippen LogP) is 10.5. The first kappa shape index (κ1) is 45.3. The zero-order valence-corrected chi connectivity index (χ0v) is 35.7. The second kappa shape index (κ2) is 22.5. The van der Waals surface area contributed by atoms with E-state index in [1.807, 2.05) is 0 Å². The van der Waals surface area contributed by atoms with Crippen molar-refractivity contribution in [3.63, 3.8) is 0 Å². The molecule has 0 aliphatic carbocycles. The Morgan fingerprint density at radius 2 is 1.47 bits per heavy atom. The van der Waals surface area contributed by atoms with E-state index >= 15 is 0 Å². The Labute approximate surface area is 343 Å². The number of rotatable bonds is 28. The smallest absolute Gasteiger partial charge is 0.402 e. The molecule has 0 bridgehead atoms. The van der Waals surface area contributed by atoms with Gasteiger partial charge in [0, 0.05) is 13.2 Å². The highest BCUT2D eigenvalue weighted by Crippen LogP contribution is 2.54. The van der Waals surface area contributed by atoms with Crippen LogP contribution in [-0.2, 0) is 38.2 Å². The second-order valence-electron chi connectivity index (χ2n) is 15.6. The fraction of sp³-hybridized carbons (Fsp3) is 0.690. The summed E-state index contributed by atoms with van der Waals surface area (Å²) in [5.74, 6) is -0.679. The van der Waals surface area contributed by atoms with Crippen molar-refractivity contribution in [2.45, 2.75) is 160 Å². The maximum Gasteiger partial charge on any atom is 0.530 e. The quantitative estimate of drug-likeness (QED) is 0.0545. The van der Waals surface area contributed by atoms with Crippen LogP contribution >= 0.6 is 19.4 Å². The number of nitrogens with zero attached hydrogens (tertiary/aromatic N) is 4. The van der Waals surface area contributed by atoms with E-state index in [4.69, 9.17) is 49.9 Å². The Morgan fingerprint density at radius 1 is 0.842 bits per heavy atom. The highest BCUT2D eigenvalue weighted by atomic mass is 35.5. The van der Waals surface area contributed by atoms with Crippen molar-refractivity contribution >= 4 is 30.8 Å². The van der Waals surface area contributed by atoms with Gasteiger partial charge in [-0.1, -0.05) is 127 Å². The van der Waals surface area contributed by atoms with Crippen LogP contribution in [0.1, 0.15) is 136 Å². The Bertz CT molecular complexity index is 1760. The molecule has 5 rings (SSSR count). The molecule has 4 heterocycles. The van der Waals surface area contributed by atoms with Crippen molar-refractivity contribution in [1.82, 2.24) is 14.6 Å². The lowest BCUT2D eigenvalue weighted by Gasteiger charge is -2.29. The lowest BCUT2D eigenvalue weighted by Crippen LogP contribution is -2.40. The van der Waals surface area contributed by atoms with E-state index in [1.165, 1.54) is 101 Å². The number of ether oxygens (including phenoxy) is 4. The number of aromatic nitrogens is 3. The summed E-state index contributed by atoms with van der Waals surface area (Å²) < 4.78 is 58.0. The zero-order chi connectivity index (χ0) is 40.6. The average molecular weight is 832 g/mol. The molecule has 0 saturated carbocycles. The minimum Gasteiger partial charge on any atom is -0.402 e. The van der Waals surface area contributed by atoms with Crippen LogP contribution in [0.5, 0.6) is 5.75 Å². The van der Waals surface area contributed by atoms with Crippen LogP contribution in [0.15, 0.2) is 42.7 Å². The van der Waals surface area contributed by atoms with Gasteiger partial charge in [0.15, 0.2) is 11.6 Å². The highest BCUT2D eigenvalue weighted by Gasteiger charge is 2.65. The van der Waals surface area contributed by atoms with Crippen LogP contribution in [0, 0.1) is 11.3 Å². The summed E-state index contributed by atoms with van der Waals surface area (Å²) in [6.45, 7) is 6.60. The van der Waals surface area contributed by atoms with Gasteiger partial charge in [0.1, 0.15) is 42.0 Å². The van der Waals surface area contributed by atoms with Gasteiger partial charge in [0.05, 0.1) is 23.9 Å². The van der Waals surface area contributed by atoms with Gasteiger partial charge >= 0.3 is 7.82 Å². The number of benzene rings is 1. The monoisotopic (exact) mass is 831 g/mol. The molecule has 2 fully saturated rings. The van der Waals surface area contributed by atoms with Crippen LogP contribution in [-0.4, -0.2) is 65.1 Å². The molecule has 0 spiro atoms. The highest BCUT2D eigenvalue weighted by molar-refractivity contribution is 7.48. The summed E-state index contributed by atoms with van der Waals surface area (Å²) in [6.07, 6.45) is 20.4. The molecular weight excluding hydrogens is 769 g/mol. The molecular formula is C42H63ClN5O8P. The summed E-state index contributed by atoms with van der Waals surface area (Å²) in [5, 5.41) is 15.2. The maximum absolute atomic E-state index is 14.2. The van der Waals surface area contributed by atoms with Gasteiger partial charge in [0.25, 0.3) is 0 Å². The molecule has 3 aromatic rings. The van der Waals surface area contributed by atoms with Crippen molar-refractivity contribution in [1.29, 1.82) is 5.26 Å². The van der Waals surface area contributed by atoms with Crippen LogP contribution < -0.4 is 10.3 Å². The molecule has 5 atom stereocenters. The van der Waals surface area contributed by atoms with Gasteiger partial charge in [-0.3, -0.25) is 9.05 Å². The lowest BCUT2D eigenvalue weighted by molar-refractivity contribution is -0.204. The van der Waals surface area contributed by atoms with Gasteiger partial charge in [-0.25, -0.2) is 14.1 Å². The molecule has 13 nitrogen and oxygen atoms in total. The third kappa shape index (κ3) is 12.8. The predicted molar refractivity (Wildman–Crippen MR) is 220 cm³/mol. The normalized spacial score (nSPS) is 22.4. The molecule has 2 N–H and O–H groups in total. The lowest BCUT2D eigenvalue weighted by atomic mass is 9.92. The molecule has 1 unspecified atom stereocenters. The molecule has 2 saturated heterocycles. The largest absolute Gasteiger partial charge is 0.530 e. The molecule has 2 aliphatic heterocycles. The Hall–Kier alpha value is -2.79. The number of unbranched alkanes of at least 4 members (excludes halogenated alkanes) is 15. The summed E-state index contributed by atoms with van der Waals surface area (Å²) in [7, 11) is -4.28. The third-order valence-corrected chi connectivity index (χ3v) is 12.2. The molecule has 2 aromatic heterocycles. The Balaban J connectivity index is 1.05. The Morgan fingerprint density at radius 3 is 2.12 bits per heavy atom. The number of para-hydroxylation sites is 1. The van der Waals surface area contributed by atoms with Crippen molar-refractivity contribution in [2.75, 3.05) is 32.2 Å². The topological polar surface area (TPSA) is 162 Å². The first-order valence-corrected chi connectivity index (χ1v) is 22.9. The number of fused-ring (bicyclic) bond motifs is 2. The number of phosphoric acid groups is 1. The molecule has 15 heteroatoms. The Kier molecular flexibility index (Phi) is 17.9. The van der Waals surface area contributed by atoms with Gasteiger partial charge in [-0.05, 0) is 51.0 Å². The number of phosphoric ester groups is 1. The van der Waals surface area contributed by atoms with Crippen molar-refractivity contribution in [3.05, 3.63) is 53.4 Å². The summed E-state index contributed by atoms with van der Waals surface area (Å²) in [5.41, 5.74) is 5.27. The standard InChI is InChI=1S/C42H63ClN5O8P/c1-4-5-6-7-8-9-10-11-12-13-14-15-16-17-18-21-27-50-28-22-29-51-57(49,56-35-24-20-19-23-33(35)43)52-30-36-38-39(55-41(2,3)54-38)42(31-44,53-36)37-26-25-34-40(45)46-32-47-48(34)37/h19-20,23-26,32,36,38-39H,4-18,21-22,27-30H2,1-3H3,(H2,45,46,47)/t36-,38-,39-,42+,57?/m1/s1. The van der Waals surface area contributed by atoms with E-state index in [2.05, 4.69) is 23.1 Å². The van der Waals surface area contributed by atoms with Crippen molar-refractivity contribution in [3.8, 4) is 11.8 Å². The molecule has 0 radical (unpaired) electrons. The zero-order valence-electron chi connectivity index (χ0n) is 34.1.